The number of hydrogen-bond donors (Lipinski definition) is 0. The van der Waals surface area contributed by atoms with Gasteiger partial charge in [0.25, 0.3) is 0 Å². The molecule has 1 amide bonds. The van der Waals surface area contributed by atoms with Crippen molar-refractivity contribution >= 4 is 44.9 Å². The quantitative estimate of drug-likeness (QED) is 0.227. The minimum atomic E-state index is 0.170. The van der Waals surface area contributed by atoms with Crippen LogP contribution in [0.5, 0.6) is 0 Å². The standard InChI is InChI=1S/C29H29N3OS2/c33-26(32-18-8-12-21-11-4-6-14-23(21)32)19-34-28-27-22-13-5-7-15-24(22)35-29(27)31-25(30-28)17-16-20-9-2-1-3-10-20/h1-4,6,9-11,14H,5,7-8,12-13,15-19H2. The highest BCUT2D eigenvalue weighted by atomic mass is 32.2. The third-order valence-electron chi connectivity index (χ3n) is 7.05. The molecule has 2 aromatic carbocycles. The van der Waals surface area contributed by atoms with Crippen molar-refractivity contribution in [3.8, 4) is 0 Å². The Morgan fingerprint density at radius 2 is 1.74 bits per heavy atom. The summed E-state index contributed by atoms with van der Waals surface area (Å²) in [4.78, 5) is 28.0. The maximum Gasteiger partial charge on any atom is 0.237 e. The number of thiophene rings is 1. The van der Waals surface area contributed by atoms with Crippen molar-refractivity contribution in [2.75, 3.05) is 17.2 Å². The third-order valence-corrected chi connectivity index (χ3v) is 9.20. The largest absolute Gasteiger partial charge is 0.311 e. The summed E-state index contributed by atoms with van der Waals surface area (Å²) in [5.41, 5.74) is 5.09. The molecule has 4 aromatic rings. The first-order valence-corrected chi connectivity index (χ1v) is 14.4. The summed E-state index contributed by atoms with van der Waals surface area (Å²) in [5, 5.41) is 2.21. The van der Waals surface area contributed by atoms with Gasteiger partial charge in [-0.15, -0.1) is 11.3 Å². The molecular weight excluding hydrogens is 470 g/mol. The lowest BCUT2D eigenvalue weighted by Crippen LogP contribution is -2.36. The summed E-state index contributed by atoms with van der Waals surface area (Å²) in [6, 6.07) is 18.9. The van der Waals surface area contributed by atoms with E-state index in [2.05, 4.69) is 48.5 Å². The average molecular weight is 500 g/mol. The number of carbonyl (C=O) groups excluding carboxylic acids is 1. The summed E-state index contributed by atoms with van der Waals surface area (Å²) < 4.78 is 0. The van der Waals surface area contributed by atoms with Gasteiger partial charge in [0, 0.05) is 28.9 Å². The van der Waals surface area contributed by atoms with Crippen molar-refractivity contribution in [2.24, 2.45) is 0 Å². The van der Waals surface area contributed by atoms with Gasteiger partial charge in [-0.05, 0) is 67.7 Å². The molecule has 0 atom stereocenters. The van der Waals surface area contributed by atoms with E-state index in [9.17, 15) is 4.79 Å². The fourth-order valence-corrected chi connectivity index (χ4v) is 7.58. The molecule has 0 saturated heterocycles. The van der Waals surface area contributed by atoms with E-state index in [4.69, 9.17) is 9.97 Å². The van der Waals surface area contributed by atoms with Crippen molar-refractivity contribution < 1.29 is 4.79 Å². The molecule has 0 bridgehead atoms. The van der Waals surface area contributed by atoms with Gasteiger partial charge in [0.2, 0.25) is 5.91 Å². The molecule has 0 spiro atoms. The Labute approximate surface area is 214 Å². The van der Waals surface area contributed by atoms with E-state index in [1.54, 1.807) is 11.8 Å². The van der Waals surface area contributed by atoms with E-state index in [1.165, 1.54) is 39.8 Å². The second-order valence-corrected chi connectivity index (χ2v) is 11.4. The number of benzene rings is 2. The molecule has 4 nitrogen and oxygen atoms in total. The molecule has 2 aliphatic rings. The molecule has 1 aliphatic heterocycles. The molecule has 6 heteroatoms. The van der Waals surface area contributed by atoms with Gasteiger partial charge in [-0.3, -0.25) is 4.79 Å². The first-order chi connectivity index (χ1) is 17.3. The van der Waals surface area contributed by atoms with Crippen LogP contribution < -0.4 is 4.90 Å². The fourth-order valence-electron chi connectivity index (χ4n) is 5.28. The number of para-hydroxylation sites is 1. The molecule has 2 aromatic heterocycles. The average Bonchev–Trinajstić information content (AvgIpc) is 3.29. The number of anilines is 1. The fraction of sp³-hybridized carbons (Fsp3) is 0.345. The summed E-state index contributed by atoms with van der Waals surface area (Å²) in [5.74, 6) is 1.46. The molecule has 0 fully saturated rings. The number of aryl methyl sites for hydroxylation is 5. The molecule has 1 aliphatic carbocycles. The number of hydrogen-bond acceptors (Lipinski definition) is 5. The van der Waals surface area contributed by atoms with Crippen molar-refractivity contribution in [1.82, 2.24) is 9.97 Å². The highest BCUT2D eigenvalue weighted by molar-refractivity contribution is 8.00. The maximum absolute atomic E-state index is 13.4. The summed E-state index contributed by atoms with van der Waals surface area (Å²) >= 11 is 3.45. The van der Waals surface area contributed by atoms with E-state index >= 15 is 0 Å². The third kappa shape index (κ3) is 4.74. The van der Waals surface area contributed by atoms with Crippen molar-refractivity contribution in [3.63, 3.8) is 0 Å². The van der Waals surface area contributed by atoms with E-state index < -0.39 is 0 Å². The van der Waals surface area contributed by atoms with Gasteiger partial charge in [0.05, 0.1) is 5.75 Å². The number of thioether (sulfide) groups is 1. The van der Waals surface area contributed by atoms with Crippen LogP contribution in [-0.2, 0) is 36.9 Å². The minimum absolute atomic E-state index is 0.170. The normalized spacial score (nSPS) is 15.1. The first-order valence-electron chi connectivity index (χ1n) is 12.6. The van der Waals surface area contributed by atoms with Gasteiger partial charge in [-0.25, -0.2) is 9.97 Å². The van der Waals surface area contributed by atoms with E-state index in [1.807, 2.05) is 22.3 Å². The molecule has 3 heterocycles. The van der Waals surface area contributed by atoms with Crippen LogP contribution in [0.3, 0.4) is 0 Å². The Bertz CT molecular complexity index is 1370. The number of rotatable bonds is 6. The first kappa shape index (κ1) is 22.7. The van der Waals surface area contributed by atoms with Crippen LogP contribution in [0.15, 0.2) is 59.6 Å². The smallest absolute Gasteiger partial charge is 0.237 e. The summed E-state index contributed by atoms with van der Waals surface area (Å²) in [7, 11) is 0. The summed E-state index contributed by atoms with van der Waals surface area (Å²) in [6.45, 7) is 0.797. The molecule has 0 N–H and O–H groups in total. The second kappa shape index (κ2) is 10.1. The van der Waals surface area contributed by atoms with Crippen molar-refractivity contribution in [2.45, 2.75) is 56.4 Å². The van der Waals surface area contributed by atoms with Crippen LogP contribution in [0.4, 0.5) is 5.69 Å². The molecular formula is C29H29N3OS2. The highest BCUT2D eigenvalue weighted by Gasteiger charge is 2.25. The van der Waals surface area contributed by atoms with Crippen LogP contribution in [0, 0.1) is 0 Å². The van der Waals surface area contributed by atoms with Gasteiger partial charge in [0.1, 0.15) is 15.7 Å². The number of amides is 1. The van der Waals surface area contributed by atoms with Crippen molar-refractivity contribution in [3.05, 3.63) is 82.0 Å². The molecule has 0 radical (unpaired) electrons. The highest BCUT2D eigenvalue weighted by Crippen LogP contribution is 2.40. The van der Waals surface area contributed by atoms with E-state index in [0.717, 1.165) is 66.4 Å². The molecule has 178 valence electrons. The maximum atomic E-state index is 13.4. The second-order valence-electron chi connectivity index (χ2n) is 9.39. The van der Waals surface area contributed by atoms with Crippen LogP contribution >= 0.6 is 23.1 Å². The van der Waals surface area contributed by atoms with Gasteiger partial charge in [-0.2, -0.15) is 0 Å². The predicted molar refractivity (Wildman–Crippen MR) is 146 cm³/mol. The zero-order valence-corrected chi connectivity index (χ0v) is 21.5. The lowest BCUT2D eigenvalue weighted by atomic mass is 9.97. The Morgan fingerprint density at radius 1 is 0.914 bits per heavy atom. The van der Waals surface area contributed by atoms with Gasteiger partial charge in [-0.1, -0.05) is 60.3 Å². The molecule has 35 heavy (non-hydrogen) atoms. The monoisotopic (exact) mass is 499 g/mol. The topological polar surface area (TPSA) is 46.1 Å². The van der Waals surface area contributed by atoms with Gasteiger partial charge >= 0.3 is 0 Å². The summed E-state index contributed by atoms with van der Waals surface area (Å²) in [6.07, 6.45) is 8.52. The number of aromatic nitrogens is 2. The lowest BCUT2D eigenvalue weighted by molar-refractivity contribution is -0.116. The Hall–Kier alpha value is -2.70. The lowest BCUT2D eigenvalue weighted by Gasteiger charge is -2.29. The minimum Gasteiger partial charge on any atom is -0.311 e. The van der Waals surface area contributed by atoms with Crippen LogP contribution in [0.1, 0.15) is 46.7 Å². The Balaban J connectivity index is 1.28. The van der Waals surface area contributed by atoms with Gasteiger partial charge < -0.3 is 4.90 Å². The molecule has 0 saturated carbocycles. The number of carbonyl (C=O) groups is 1. The Morgan fingerprint density at radius 3 is 2.66 bits per heavy atom. The van der Waals surface area contributed by atoms with Crippen LogP contribution in [0.25, 0.3) is 10.2 Å². The number of nitrogens with zero attached hydrogens (tertiary/aromatic N) is 3. The predicted octanol–water partition coefficient (Wildman–Crippen LogP) is 6.43. The van der Waals surface area contributed by atoms with E-state index in [-0.39, 0.29) is 5.91 Å². The Kier molecular flexibility index (Phi) is 6.57. The van der Waals surface area contributed by atoms with Crippen LogP contribution in [0.2, 0.25) is 0 Å². The zero-order valence-electron chi connectivity index (χ0n) is 19.8. The molecule has 0 unspecified atom stereocenters. The number of fused-ring (bicyclic) bond motifs is 4. The molecule has 6 rings (SSSR count). The van der Waals surface area contributed by atoms with Gasteiger partial charge in [0.15, 0.2) is 0 Å². The zero-order chi connectivity index (χ0) is 23.6. The van der Waals surface area contributed by atoms with Crippen LogP contribution in [-0.4, -0.2) is 28.2 Å². The van der Waals surface area contributed by atoms with E-state index in [0.29, 0.717) is 5.75 Å². The SMILES string of the molecule is O=C(CSc1nc(CCc2ccccc2)nc2sc3c(c12)CCCC3)N1CCCc2ccccc21. The van der Waals surface area contributed by atoms with Crippen molar-refractivity contribution in [1.29, 1.82) is 0 Å².